The zero-order valence-corrected chi connectivity index (χ0v) is 15.3. The first-order chi connectivity index (χ1) is 12.0. The first kappa shape index (κ1) is 22.0. The first-order valence-corrected chi connectivity index (χ1v) is 8.13. The summed E-state index contributed by atoms with van der Waals surface area (Å²) in [6.45, 7) is 11.5. The van der Waals surface area contributed by atoms with Gasteiger partial charge in [0.2, 0.25) is 0 Å². The van der Waals surface area contributed by atoms with Crippen LogP contribution in [-0.2, 0) is 0 Å². The van der Waals surface area contributed by atoms with Crippen molar-refractivity contribution in [2.24, 2.45) is 0 Å². The van der Waals surface area contributed by atoms with Crippen LogP contribution in [0.4, 0.5) is 5.82 Å². The van der Waals surface area contributed by atoms with Gasteiger partial charge >= 0.3 is 0 Å². The predicted molar refractivity (Wildman–Crippen MR) is 106 cm³/mol. The van der Waals surface area contributed by atoms with Crippen molar-refractivity contribution in [3.05, 3.63) is 60.4 Å². The molecule has 1 amide bonds. The summed E-state index contributed by atoms with van der Waals surface area (Å²) in [5, 5.41) is 18.5. The van der Waals surface area contributed by atoms with Crippen LogP contribution >= 0.6 is 0 Å². The highest BCUT2D eigenvalue weighted by atomic mass is 16.3. The van der Waals surface area contributed by atoms with Gasteiger partial charge in [-0.3, -0.25) is 9.89 Å². The minimum Gasteiger partial charge on any atom is -0.509 e. The number of carbonyl (C=O) groups is 1. The lowest BCUT2D eigenvalue weighted by Crippen LogP contribution is -2.23. The van der Waals surface area contributed by atoms with Crippen LogP contribution in [0.3, 0.4) is 0 Å². The number of fused-ring (bicyclic) bond motifs is 1. The average Bonchev–Trinajstić information content (AvgIpc) is 2.98. The fourth-order valence-electron chi connectivity index (χ4n) is 1.74. The maximum absolute atomic E-state index is 11.8. The molecule has 1 aromatic heterocycles. The van der Waals surface area contributed by atoms with Crippen LogP contribution in [0, 0.1) is 0 Å². The Bertz CT molecular complexity index is 730. The Morgan fingerprint density at radius 3 is 2.56 bits per heavy atom. The van der Waals surface area contributed by atoms with Crippen molar-refractivity contribution in [3.63, 3.8) is 0 Å². The number of nitrogen functional groups attached to an aromatic ring is 1. The van der Waals surface area contributed by atoms with Gasteiger partial charge in [-0.2, -0.15) is 5.10 Å². The molecule has 0 aliphatic carbocycles. The number of carbonyl (C=O) groups excluding carboxylic acids is 1. The summed E-state index contributed by atoms with van der Waals surface area (Å²) in [6, 6.07) is 5.27. The fourth-order valence-corrected chi connectivity index (χ4v) is 1.74. The zero-order chi connectivity index (χ0) is 19.2. The number of aliphatic hydroxyl groups is 1. The van der Waals surface area contributed by atoms with Crippen LogP contribution < -0.4 is 11.1 Å². The van der Waals surface area contributed by atoms with Crippen molar-refractivity contribution in [1.82, 2.24) is 15.5 Å². The Morgan fingerprint density at radius 1 is 1.36 bits per heavy atom. The number of aromatic nitrogens is 2. The molecular formula is C19H28N4O2. The van der Waals surface area contributed by atoms with E-state index in [2.05, 4.69) is 22.1 Å². The number of benzene rings is 1. The zero-order valence-electron chi connectivity index (χ0n) is 15.3. The van der Waals surface area contributed by atoms with Gasteiger partial charge in [0.05, 0.1) is 5.52 Å². The fraction of sp³-hybridized carbons (Fsp3) is 0.263. The Balaban J connectivity index is 0.000000614. The van der Waals surface area contributed by atoms with Crippen LogP contribution in [-0.4, -0.2) is 27.8 Å². The topological polar surface area (TPSA) is 104 Å². The van der Waals surface area contributed by atoms with E-state index in [0.717, 1.165) is 10.9 Å². The number of amides is 1. The first-order valence-electron chi connectivity index (χ1n) is 8.13. The molecule has 2 rings (SSSR count). The third-order valence-corrected chi connectivity index (χ3v) is 2.83. The van der Waals surface area contributed by atoms with Gasteiger partial charge in [-0.15, -0.1) is 0 Å². The maximum atomic E-state index is 11.8. The standard InChI is InChI=1S/C12H14N4O.C5H8O.C2H6/c1-2-3-6-14-12(17)8-4-5-10-9(7-8)11(13)16-15-10;1-3-4-5(2)6;1-2/h2-5,7H,6H2,1H3,(H,14,17)(H3,13,15,16);3-4,6H,2H2,1H3;1-2H3/b3-2+;4-3-;. The number of aromatic amines is 1. The number of hydrogen-bond donors (Lipinski definition) is 4. The van der Waals surface area contributed by atoms with Gasteiger partial charge in [-0.05, 0) is 38.1 Å². The van der Waals surface area contributed by atoms with Gasteiger partial charge in [-0.25, -0.2) is 0 Å². The van der Waals surface area contributed by atoms with Crippen molar-refractivity contribution < 1.29 is 9.90 Å². The molecule has 0 saturated carbocycles. The number of nitrogens with zero attached hydrogens (tertiary/aromatic N) is 1. The minimum atomic E-state index is -0.120. The molecule has 0 saturated heterocycles. The highest BCUT2D eigenvalue weighted by Gasteiger charge is 2.08. The quantitative estimate of drug-likeness (QED) is 0.380. The largest absolute Gasteiger partial charge is 0.509 e. The number of H-pyrrole nitrogens is 1. The SMILES string of the molecule is C/C=C/CNC(=O)c1ccc2[nH]nc(N)c2c1.C=C(O)/C=C\C.CC. The van der Waals surface area contributed by atoms with Crippen molar-refractivity contribution in [2.75, 3.05) is 12.3 Å². The van der Waals surface area contributed by atoms with Crippen LogP contribution in [0.5, 0.6) is 0 Å². The van der Waals surface area contributed by atoms with E-state index in [1.807, 2.05) is 39.8 Å². The molecule has 0 atom stereocenters. The molecule has 6 heteroatoms. The number of hydrogen-bond acceptors (Lipinski definition) is 4. The molecule has 0 spiro atoms. The lowest BCUT2D eigenvalue weighted by Gasteiger charge is -2.02. The Morgan fingerprint density at radius 2 is 2.04 bits per heavy atom. The number of allylic oxidation sites excluding steroid dienone is 3. The summed E-state index contributed by atoms with van der Waals surface area (Å²) < 4.78 is 0. The normalized spacial score (nSPS) is 10.1. The molecule has 136 valence electrons. The molecule has 0 fully saturated rings. The highest BCUT2D eigenvalue weighted by molar-refractivity contribution is 6.00. The molecular weight excluding hydrogens is 316 g/mol. The summed E-state index contributed by atoms with van der Waals surface area (Å²) in [5.41, 5.74) is 7.09. The summed E-state index contributed by atoms with van der Waals surface area (Å²) >= 11 is 0. The van der Waals surface area contributed by atoms with E-state index in [1.54, 1.807) is 24.3 Å². The lowest BCUT2D eigenvalue weighted by molar-refractivity contribution is 0.0958. The van der Waals surface area contributed by atoms with E-state index in [0.29, 0.717) is 17.9 Å². The summed E-state index contributed by atoms with van der Waals surface area (Å²) in [7, 11) is 0. The second kappa shape index (κ2) is 12.4. The highest BCUT2D eigenvalue weighted by Crippen LogP contribution is 2.18. The molecule has 0 aliphatic rings. The van der Waals surface area contributed by atoms with Gasteiger partial charge in [-0.1, -0.05) is 38.7 Å². The Hall–Kier alpha value is -3.02. The molecule has 0 bridgehead atoms. The van der Waals surface area contributed by atoms with E-state index >= 15 is 0 Å². The van der Waals surface area contributed by atoms with Gasteiger partial charge in [0.15, 0.2) is 5.82 Å². The summed E-state index contributed by atoms with van der Waals surface area (Å²) in [5.74, 6) is 0.395. The number of nitrogens with one attached hydrogen (secondary N) is 2. The van der Waals surface area contributed by atoms with Crippen LogP contribution in [0.15, 0.2) is 54.8 Å². The predicted octanol–water partition coefficient (Wildman–Crippen LogP) is 4.11. The molecule has 6 nitrogen and oxygen atoms in total. The Kier molecular flexibility index (Phi) is 10.9. The average molecular weight is 344 g/mol. The number of anilines is 1. The number of rotatable bonds is 4. The van der Waals surface area contributed by atoms with Crippen molar-refractivity contribution in [1.29, 1.82) is 0 Å². The third kappa shape index (κ3) is 7.87. The van der Waals surface area contributed by atoms with E-state index in [1.165, 1.54) is 6.08 Å². The second-order valence-corrected chi connectivity index (χ2v) is 4.64. The van der Waals surface area contributed by atoms with Crippen molar-refractivity contribution in [2.45, 2.75) is 27.7 Å². The lowest BCUT2D eigenvalue weighted by atomic mass is 10.1. The molecule has 5 N–H and O–H groups in total. The van der Waals surface area contributed by atoms with Gasteiger partial charge in [0, 0.05) is 17.5 Å². The molecule has 0 aliphatic heterocycles. The number of nitrogens with two attached hydrogens (primary N) is 1. The second-order valence-electron chi connectivity index (χ2n) is 4.64. The number of aliphatic hydroxyl groups excluding tert-OH is 1. The van der Waals surface area contributed by atoms with Gasteiger partial charge < -0.3 is 16.2 Å². The van der Waals surface area contributed by atoms with E-state index in [4.69, 9.17) is 10.8 Å². The van der Waals surface area contributed by atoms with E-state index < -0.39 is 0 Å². The van der Waals surface area contributed by atoms with E-state index in [-0.39, 0.29) is 11.7 Å². The third-order valence-electron chi connectivity index (χ3n) is 2.83. The molecule has 25 heavy (non-hydrogen) atoms. The maximum Gasteiger partial charge on any atom is 0.251 e. The molecule has 0 radical (unpaired) electrons. The van der Waals surface area contributed by atoms with Crippen LogP contribution in [0.1, 0.15) is 38.1 Å². The molecule has 1 aromatic carbocycles. The molecule has 1 heterocycles. The van der Waals surface area contributed by atoms with Crippen molar-refractivity contribution in [3.8, 4) is 0 Å². The Labute approximate surface area is 149 Å². The van der Waals surface area contributed by atoms with Crippen LogP contribution in [0.2, 0.25) is 0 Å². The van der Waals surface area contributed by atoms with Gasteiger partial charge in [0.1, 0.15) is 5.76 Å². The minimum absolute atomic E-state index is 0.109. The summed E-state index contributed by atoms with van der Waals surface area (Å²) in [6.07, 6.45) is 7.02. The van der Waals surface area contributed by atoms with E-state index in [9.17, 15) is 4.79 Å². The smallest absolute Gasteiger partial charge is 0.251 e. The molecule has 2 aromatic rings. The summed E-state index contributed by atoms with van der Waals surface area (Å²) in [4.78, 5) is 11.8. The van der Waals surface area contributed by atoms with Gasteiger partial charge in [0.25, 0.3) is 5.91 Å². The van der Waals surface area contributed by atoms with Crippen molar-refractivity contribution >= 4 is 22.6 Å². The van der Waals surface area contributed by atoms with Crippen LogP contribution in [0.25, 0.3) is 10.9 Å². The monoisotopic (exact) mass is 344 g/mol. The molecule has 0 unspecified atom stereocenters.